The molecule has 0 atom stereocenters. The highest BCUT2D eigenvalue weighted by Crippen LogP contribution is 2.15. The zero-order chi connectivity index (χ0) is 15.9. The number of nitrogens with one attached hydrogen (secondary N) is 1. The van der Waals surface area contributed by atoms with Gasteiger partial charge in [0.2, 0.25) is 5.91 Å². The van der Waals surface area contributed by atoms with E-state index >= 15 is 0 Å². The number of aromatic nitrogens is 2. The molecule has 116 valence electrons. The van der Waals surface area contributed by atoms with Crippen LogP contribution in [0.5, 0.6) is 0 Å². The van der Waals surface area contributed by atoms with Crippen molar-refractivity contribution in [3.8, 4) is 0 Å². The molecule has 0 saturated heterocycles. The fourth-order valence-corrected chi connectivity index (χ4v) is 3.10. The molecule has 0 fully saturated rings. The van der Waals surface area contributed by atoms with Crippen LogP contribution in [0.1, 0.15) is 21.7 Å². The monoisotopic (exact) mass is 337 g/mol. The number of hydrogen-bond acceptors (Lipinski definition) is 7. The van der Waals surface area contributed by atoms with Crippen molar-refractivity contribution in [2.45, 2.75) is 12.7 Å². The molecule has 1 aromatic heterocycles. The van der Waals surface area contributed by atoms with Crippen molar-refractivity contribution < 1.29 is 14.3 Å². The van der Waals surface area contributed by atoms with Gasteiger partial charge in [-0.25, -0.2) is 4.79 Å². The first-order chi connectivity index (χ1) is 10.6. The number of carbonyl (C=O) groups is 2. The highest BCUT2D eigenvalue weighted by Gasteiger charge is 2.08. The van der Waals surface area contributed by atoms with E-state index < -0.39 is 5.97 Å². The van der Waals surface area contributed by atoms with E-state index in [1.165, 1.54) is 30.6 Å². The Morgan fingerprint density at radius 2 is 2.00 bits per heavy atom. The van der Waals surface area contributed by atoms with E-state index in [1.807, 2.05) is 6.92 Å². The number of methoxy groups -OCH3 is 1. The first kappa shape index (κ1) is 16.4. The molecule has 0 aliphatic carbocycles. The van der Waals surface area contributed by atoms with Crippen LogP contribution in [0, 0.1) is 6.92 Å². The molecule has 1 N–H and O–H groups in total. The third kappa shape index (κ3) is 4.54. The zero-order valence-electron chi connectivity index (χ0n) is 12.2. The van der Waals surface area contributed by atoms with E-state index in [1.54, 1.807) is 24.3 Å². The van der Waals surface area contributed by atoms with Crippen LogP contribution in [-0.2, 0) is 15.3 Å². The van der Waals surface area contributed by atoms with E-state index in [0.29, 0.717) is 22.8 Å². The average molecular weight is 337 g/mol. The first-order valence-electron chi connectivity index (χ1n) is 6.44. The molecule has 0 unspecified atom stereocenters. The van der Waals surface area contributed by atoms with Gasteiger partial charge in [0.25, 0.3) is 0 Å². The van der Waals surface area contributed by atoms with E-state index in [4.69, 9.17) is 0 Å². The summed E-state index contributed by atoms with van der Waals surface area (Å²) >= 11 is 2.66. The van der Waals surface area contributed by atoms with Crippen molar-refractivity contribution in [1.82, 2.24) is 8.75 Å². The average Bonchev–Trinajstić information content (AvgIpc) is 2.92. The van der Waals surface area contributed by atoms with Crippen LogP contribution in [0.3, 0.4) is 0 Å². The normalized spacial score (nSPS) is 10.3. The summed E-state index contributed by atoms with van der Waals surface area (Å²) in [5.41, 5.74) is 2.92. The Hall–Kier alpha value is -1.93. The fraction of sp³-hybridized carbons (Fsp3) is 0.286. The van der Waals surface area contributed by atoms with Gasteiger partial charge in [0.1, 0.15) is 0 Å². The Morgan fingerprint density at radius 1 is 1.27 bits per heavy atom. The Morgan fingerprint density at radius 3 is 2.59 bits per heavy atom. The standard InChI is InChI=1S/C14H15N3O3S2/c1-9-12(17-22-16-9)7-21-8-13(18)15-11-5-3-10(4-6-11)14(19)20-2/h3-6H,7-8H2,1-2H3,(H,15,18). The molecule has 1 heterocycles. The maximum atomic E-state index is 11.8. The van der Waals surface area contributed by atoms with Crippen LogP contribution in [0.15, 0.2) is 24.3 Å². The van der Waals surface area contributed by atoms with Gasteiger partial charge in [-0.1, -0.05) is 0 Å². The molecule has 1 aromatic carbocycles. The Kier molecular flexibility index (Phi) is 5.91. The summed E-state index contributed by atoms with van der Waals surface area (Å²) in [6, 6.07) is 6.56. The van der Waals surface area contributed by atoms with Crippen molar-refractivity contribution >= 4 is 41.1 Å². The van der Waals surface area contributed by atoms with E-state index in [-0.39, 0.29) is 5.91 Å². The number of ether oxygens (including phenoxy) is 1. The molecule has 0 aliphatic rings. The number of esters is 1. The maximum Gasteiger partial charge on any atom is 0.337 e. The third-order valence-corrected chi connectivity index (χ3v) is 4.41. The topological polar surface area (TPSA) is 81.2 Å². The van der Waals surface area contributed by atoms with Crippen molar-refractivity contribution in [3.63, 3.8) is 0 Å². The lowest BCUT2D eigenvalue weighted by Crippen LogP contribution is -2.14. The summed E-state index contributed by atoms with van der Waals surface area (Å²) in [5, 5.41) is 2.78. The summed E-state index contributed by atoms with van der Waals surface area (Å²) < 4.78 is 12.9. The maximum absolute atomic E-state index is 11.8. The number of benzene rings is 1. The minimum absolute atomic E-state index is 0.100. The second kappa shape index (κ2) is 7.90. The van der Waals surface area contributed by atoms with Crippen LogP contribution < -0.4 is 5.32 Å². The van der Waals surface area contributed by atoms with Crippen LogP contribution in [0.25, 0.3) is 0 Å². The van der Waals surface area contributed by atoms with E-state index in [9.17, 15) is 9.59 Å². The second-order valence-electron chi connectivity index (χ2n) is 4.41. The van der Waals surface area contributed by atoms with Gasteiger partial charge in [-0.3, -0.25) is 4.79 Å². The number of carbonyl (C=O) groups excluding carboxylic acids is 2. The molecule has 22 heavy (non-hydrogen) atoms. The van der Waals surface area contributed by atoms with Gasteiger partial charge in [0.05, 0.1) is 41.5 Å². The summed E-state index contributed by atoms with van der Waals surface area (Å²) in [6.45, 7) is 1.91. The zero-order valence-corrected chi connectivity index (χ0v) is 13.8. The molecule has 0 aliphatic heterocycles. The largest absolute Gasteiger partial charge is 0.465 e. The number of rotatable bonds is 6. The van der Waals surface area contributed by atoms with E-state index in [0.717, 1.165) is 11.4 Å². The SMILES string of the molecule is COC(=O)c1ccc(NC(=O)CSCc2nsnc2C)cc1. The number of nitrogens with zero attached hydrogens (tertiary/aromatic N) is 2. The molecule has 0 saturated carbocycles. The minimum Gasteiger partial charge on any atom is -0.465 e. The van der Waals surface area contributed by atoms with Crippen LogP contribution in [0.2, 0.25) is 0 Å². The van der Waals surface area contributed by atoms with E-state index in [2.05, 4.69) is 18.8 Å². The molecule has 0 bridgehead atoms. The van der Waals surface area contributed by atoms with Gasteiger partial charge in [-0.05, 0) is 31.2 Å². The molecular weight excluding hydrogens is 322 g/mol. The molecule has 2 aromatic rings. The predicted molar refractivity (Wildman–Crippen MR) is 87.2 cm³/mol. The van der Waals surface area contributed by atoms with Gasteiger partial charge >= 0.3 is 5.97 Å². The molecule has 6 nitrogen and oxygen atoms in total. The van der Waals surface area contributed by atoms with Crippen molar-refractivity contribution in [2.75, 3.05) is 18.2 Å². The lowest BCUT2D eigenvalue weighted by atomic mass is 10.2. The minimum atomic E-state index is -0.402. The highest BCUT2D eigenvalue weighted by atomic mass is 32.2. The number of thioether (sulfide) groups is 1. The van der Waals surface area contributed by atoms with Gasteiger partial charge in [0.15, 0.2) is 0 Å². The van der Waals surface area contributed by atoms with Crippen molar-refractivity contribution in [2.24, 2.45) is 0 Å². The number of aryl methyl sites for hydroxylation is 1. The summed E-state index contributed by atoms with van der Waals surface area (Å²) in [5.74, 6) is 0.490. The van der Waals surface area contributed by atoms with Gasteiger partial charge in [-0.2, -0.15) is 8.75 Å². The summed E-state index contributed by atoms with van der Waals surface area (Å²) in [6.07, 6.45) is 0. The summed E-state index contributed by atoms with van der Waals surface area (Å²) in [4.78, 5) is 23.1. The van der Waals surface area contributed by atoms with Crippen molar-refractivity contribution in [1.29, 1.82) is 0 Å². The Balaban J connectivity index is 1.79. The van der Waals surface area contributed by atoms with Crippen LogP contribution in [-0.4, -0.2) is 33.5 Å². The van der Waals surface area contributed by atoms with Gasteiger partial charge < -0.3 is 10.1 Å². The van der Waals surface area contributed by atoms with Crippen molar-refractivity contribution in [3.05, 3.63) is 41.2 Å². The number of hydrogen-bond donors (Lipinski definition) is 1. The molecule has 1 amide bonds. The predicted octanol–water partition coefficient (Wildman–Crippen LogP) is 2.51. The highest BCUT2D eigenvalue weighted by molar-refractivity contribution is 7.99. The smallest absolute Gasteiger partial charge is 0.337 e. The van der Waals surface area contributed by atoms with Crippen LogP contribution >= 0.6 is 23.5 Å². The second-order valence-corrected chi connectivity index (χ2v) is 5.92. The lowest BCUT2D eigenvalue weighted by Gasteiger charge is -2.06. The lowest BCUT2D eigenvalue weighted by molar-refractivity contribution is -0.113. The van der Waals surface area contributed by atoms with Gasteiger partial charge in [-0.15, -0.1) is 11.8 Å². The van der Waals surface area contributed by atoms with Gasteiger partial charge in [0, 0.05) is 11.4 Å². The number of amides is 1. The quantitative estimate of drug-likeness (QED) is 0.816. The summed E-state index contributed by atoms with van der Waals surface area (Å²) in [7, 11) is 1.33. The molecule has 0 spiro atoms. The fourth-order valence-electron chi connectivity index (χ4n) is 1.63. The van der Waals surface area contributed by atoms with Crippen LogP contribution in [0.4, 0.5) is 5.69 Å². The Labute approximate surface area is 136 Å². The molecule has 2 rings (SSSR count). The first-order valence-corrected chi connectivity index (χ1v) is 8.32. The molecule has 8 heteroatoms. The number of anilines is 1. The third-order valence-electron chi connectivity index (χ3n) is 2.81. The molecular formula is C14H15N3O3S2. The molecule has 0 radical (unpaired) electrons. The Bertz CT molecular complexity index is 656.